The maximum atomic E-state index is 8.54. The Labute approximate surface area is 55.2 Å². The molecule has 1 unspecified atom stereocenters. The Morgan fingerprint density at radius 2 is 2.56 bits per heavy atom. The highest BCUT2D eigenvalue weighted by atomic mass is 15.5. The molecule has 1 aliphatic rings. The predicted molar refractivity (Wildman–Crippen MR) is 34.4 cm³/mol. The van der Waals surface area contributed by atoms with E-state index in [1.54, 1.807) is 0 Å². The third-order valence-electron chi connectivity index (χ3n) is 1.69. The zero-order valence-electron chi connectivity index (χ0n) is 5.59. The molecule has 1 fully saturated rings. The fourth-order valence-corrected chi connectivity index (χ4v) is 1.17. The minimum absolute atomic E-state index is 0.106. The SMILES string of the molecule is CNN1CCCC1C#N. The molecule has 0 bridgehead atoms. The Balaban J connectivity index is 2.44. The fourth-order valence-electron chi connectivity index (χ4n) is 1.17. The third kappa shape index (κ3) is 1.21. The van der Waals surface area contributed by atoms with Gasteiger partial charge in [-0.15, -0.1) is 0 Å². The molecule has 9 heavy (non-hydrogen) atoms. The van der Waals surface area contributed by atoms with Crippen LogP contribution in [0.15, 0.2) is 0 Å². The third-order valence-corrected chi connectivity index (χ3v) is 1.69. The molecule has 3 nitrogen and oxygen atoms in total. The molecule has 50 valence electrons. The van der Waals surface area contributed by atoms with Gasteiger partial charge < -0.3 is 0 Å². The van der Waals surface area contributed by atoms with E-state index in [-0.39, 0.29) is 6.04 Å². The molecule has 1 rings (SSSR count). The van der Waals surface area contributed by atoms with Crippen molar-refractivity contribution in [3.8, 4) is 6.07 Å². The van der Waals surface area contributed by atoms with Gasteiger partial charge in [0, 0.05) is 6.54 Å². The Bertz CT molecular complexity index is 127. The second kappa shape index (κ2) is 2.81. The first-order valence-electron chi connectivity index (χ1n) is 3.22. The van der Waals surface area contributed by atoms with E-state index in [4.69, 9.17) is 5.26 Å². The summed E-state index contributed by atoms with van der Waals surface area (Å²) in [6.07, 6.45) is 2.15. The molecule has 0 aliphatic carbocycles. The van der Waals surface area contributed by atoms with Gasteiger partial charge in [0.2, 0.25) is 0 Å². The topological polar surface area (TPSA) is 39.1 Å². The zero-order chi connectivity index (χ0) is 6.69. The standard InChI is InChI=1S/C6H11N3/c1-8-9-4-2-3-6(9)5-7/h6,8H,2-4H2,1H3. The summed E-state index contributed by atoms with van der Waals surface area (Å²) in [5.74, 6) is 0. The summed E-state index contributed by atoms with van der Waals surface area (Å²) in [7, 11) is 1.86. The first-order valence-corrected chi connectivity index (χ1v) is 3.22. The van der Waals surface area contributed by atoms with E-state index in [2.05, 4.69) is 11.5 Å². The van der Waals surface area contributed by atoms with Crippen molar-refractivity contribution in [1.82, 2.24) is 10.4 Å². The van der Waals surface area contributed by atoms with Crippen molar-refractivity contribution in [2.24, 2.45) is 0 Å². The summed E-state index contributed by atoms with van der Waals surface area (Å²) in [5.41, 5.74) is 2.98. The average molecular weight is 125 g/mol. The molecule has 1 N–H and O–H groups in total. The lowest BCUT2D eigenvalue weighted by atomic mass is 10.2. The lowest BCUT2D eigenvalue weighted by molar-refractivity contribution is 0.223. The summed E-state index contributed by atoms with van der Waals surface area (Å²) >= 11 is 0. The van der Waals surface area contributed by atoms with Crippen molar-refractivity contribution < 1.29 is 0 Å². The largest absolute Gasteiger partial charge is 0.257 e. The number of nitrogens with one attached hydrogen (secondary N) is 1. The van der Waals surface area contributed by atoms with E-state index in [1.165, 1.54) is 0 Å². The Morgan fingerprint density at radius 1 is 1.78 bits per heavy atom. The van der Waals surface area contributed by atoms with Gasteiger partial charge in [-0.1, -0.05) is 0 Å². The molecule has 0 aromatic rings. The summed E-state index contributed by atoms with van der Waals surface area (Å²) in [6, 6.07) is 2.33. The van der Waals surface area contributed by atoms with Crippen LogP contribution in [-0.4, -0.2) is 24.6 Å². The van der Waals surface area contributed by atoms with Crippen molar-refractivity contribution in [2.45, 2.75) is 18.9 Å². The smallest absolute Gasteiger partial charge is 0.111 e. The minimum Gasteiger partial charge on any atom is -0.257 e. The van der Waals surface area contributed by atoms with Gasteiger partial charge in [-0.2, -0.15) is 5.26 Å². The van der Waals surface area contributed by atoms with Crippen LogP contribution >= 0.6 is 0 Å². The van der Waals surface area contributed by atoms with Gasteiger partial charge in [0.25, 0.3) is 0 Å². The number of nitrogens with zero attached hydrogens (tertiary/aromatic N) is 2. The van der Waals surface area contributed by atoms with Crippen molar-refractivity contribution in [1.29, 1.82) is 5.26 Å². The molecule has 0 aromatic heterocycles. The van der Waals surface area contributed by atoms with Crippen LogP contribution in [0, 0.1) is 11.3 Å². The summed E-state index contributed by atoms with van der Waals surface area (Å²) in [6.45, 7) is 1.01. The van der Waals surface area contributed by atoms with Crippen LogP contribution in [0.3, 0.4) is 0 Å². The van der Waals surface area contributed by atoms with Gasteiger partial charge in [-0.05, 0) is 19.9 Å². The molecule has 3 heteroatoms. The Morgan fingerprint density at radius 3 is 3.00 bits per heavy atom. The molecular formula is C6H11N3. The minimum atomic E-state index is 0.106. The molecule has 0 spiro atoms. The number of rotatable bonds is 1. The second-order valence-corrected chi connectivity index (χ2v) is 2.20. The quantitative estimate of drug-likeness (QED) is 0.540. The van der Waals surface area contributed by atoms with Crippen molar-refractivity contribution in [3.05, 3.63) is 0 Å². The predicted octanol–water partition coefficient (Wildman–Crippen LogP) is 0.109. The van der Waals surface area contributed by atoms with E-state index in [0.717, 1.165) is 19.4 Å². The first kappa shape index (κ1) is 6.53. The number of hydrazine groups is 1. The number of nitriles is 1. The molecule has 0 amide bonds. The molecular weight excluding hydrogens is 114 g/mol. The van der Waals surface area contributed by atoms with Gasteiger partial charge >= 0.3 is 0 Å². The highest BCUT2D eigenvalue weighted by molar-refractivity contribution is 4.93. The van der Waals surface area contributed by atoms with Gasteiger partial charge in [0.05, 0.1) is 6.07 Å². The maximum absolute atomic E-state index is 8.54. The average Bonchev–Trinajstić information content (AvgIpc) is 2.33. The summed E-state index contributed by atoms with van der Waals surface area (Å²) < 4.78 is 0. The maximum Gasteiger partial charge on any atom is 0.111 e. The molecule has 0 aromatic carbocycles. The summed E-state index contributed by atoms with van der Waals surface area (Å²) in [5, 5.41) is 10.5. The van der Waals surface area contributed by atoms with E-state index in [0.29, 0.717) is 0 Å². The normalized spacial score (nSPS) is 28.2. The number of hydrogen-bond acceptors (Lipinski definition) is 3. The molecule has 1 saturated heterocycles. The number of hydrogen-bond donors (Lipinski definition) is 1. The van der Waals surface area contributed by atoms with Gasteiger partial charge in [0.1, 0.15) is 6.04 Å². The second-order valence-electron chi connectivity index (χ2n) is 2.20. The van der Waals surface area contributed by atoms with E-state index < -0.39 is 0 Å². The fraction of sp³-hybridized carbons (Fsp3) is 0.833. The van der Waals surface area contributed by atoms with Crippen LogP contribution in [-0.2, 0) is 0 Å². The lowest BCUT2D eigenvalue weighted by Crippen LogP contribution is -2.38. The van der Waals surface area contributed by atoms with Crippen LogP contribution in [0.2, 0.25) is 0 Å². The highest BCUT2D eigenvalue weighted by Crippen LogP contribution is 2.12. The van der Waals surface area contributed by atoms with Crippen molar-refractivity contribution in [3.63, 3.8) is 0 Å². The molecule has 0 radical (unpaired) electrons. The van der Waals surface area contributed by atoms with Crippen molar-refractivity contribution >= 4 is 0 Å². The van der Waals surface area contributed by atoms with Gasteiger partial charge in [0.15, 0.2) is 0 Å². The molecule has 1 aliphatic heterocycles. The van der Waals surface area contributed by atoms with Crippen LogP contribution in [0.5, 0.6) is 0 Å². The molecule has 1 heterocycles. The summed E-state index contributed by atoms with van der Waals surface area (Å²) in [4.78, 5) is 0. The van der Waals surface area contributed by atoms with E-state index >= 15 is 0 Å². The lowest BCUT2D eigenvalue weighted by Gasteiger charge is -2.16. The van der Waals surface area contributed by atoms with E-state index in [9.17, 15) is 0 Å². The monoisotopic (exact) mass is 125 g/mol. The van der Waals surface area contributed by atoms with Gasteiger partial charge in [-0.25, -0.2) is 5.01 Å². The van der Waals surface area contributed by atoms with Crippen LogP contribution in [0.4, 0.5) is 0 Å². The highest BCUT2D eigenvalue weighted by Gasteiger charge is 2.21. The van der Waals surface area contributed by atoms with Gasteiger partial charge in [-0.3, -0.25) is 5.43 Å². The van der Waals surface area contributed by atoms with Crippen molar-refractivity contribution in [2.75, 3.05) is 13.6 Å². The Hall–Kier alpha value is -0.590. The molecule has 1 atom stereocenters. The molecule has 0 saturated carbocycles. The van der Waals surface area contributed by atoms with Crippen LogP contribution < -0.4 is 5.43 Å². The van der Waals surface area contributed by atoms with Crippen LogP contribution in [0.25, 0.3) is 0 Å². The first-order chi connectivity index (χ1) is 4.38. The Kier molecular flexibility index (Phi) is 2.04. The van der Waals surface area contributed by atoms with E-state index in [1.807, 2.05) is 12.1 Å². The zero-order valence-corrected chi connectivity index (χ0v) is 5.59. The van der Waals surface area contributed by atoms with Crippen LogP contribution in [0.1, 0.15) is 12.8 Å².